The van der Waals surface area contributed by atoms with Gasteiger partial charge in [-0.1, -0.05) is 5.16 Å². The second-order valence-electron chi connectivity index (χ2n) is 7.48. The lowest BCUT2D eigenvalue weighted by Gasteiger charge is -2.11. The Morgan fingerprint density at radius 3 is 2.86 bits per heavy atom. The summed E-state index contributed by atoms with van der Waals surface area (Å²) in [7, 11) is 0. The first kappa shape index (κ1) is 18.9. The van der Waals surface area contributed by atoms with Gasteiger partial charge in [0.25, 0.3) is 11.8 Å². The Morgan fingerprint density at radius 2 is 2.17 bits per heavy atom. The van der Waals surface area contributed by atoms with Crippen LogP contribution in [-0.4, -0.2) is 48.6 Å². The van der Waals surface area contributed by atoms with Gasteiger partial charge in [-0.25, -0.2) is 0 Å². The molecule has 0 spiro atoms. The normalized spacial score (nSPS) is 15.5. The van der Waals surface area contributed by atoms with Gasteiger partial charge in [0.15, 0.2) is 5.69 Å². The second-order valence-corrected chi connectivity index (χ2v) is 7.48. The zero-order chi connectivity index (χ0) is 20.5. The number of fused-ring (bicyclic) bond motifs is 1. The summed E-state index contributed by atoms with van der Waals surface area (Å²) < 4.78 is 8.71. The predicted molar refractivity (Wildman–Crippen MR) is 102 cm³/mol. The zero-order valence-electron chi connectivity index (χ0n) is 16.5. The van der Waals surface area contributed by atoms with Gasteiger partial charge in [0.1, 0.15) is 11.5 Å². The first-order valence-electron chi connectivity index (χ1n) is 9.51. The molecular weight excluding hydrogens is 374 g/mol. The summed E-state index contributed by atoms with van der Waals surface area (Å²) in [6.07, 6.45) is 4.09. The standard InChI is InChI=1S/C19H23N7O3/c1-11(2)21-18(27)16-8-14-7-13(9-26(14)23-16)22-19(28)17-15(12(3)29-24-17)10-25-6-4-5-20-25/h4-6,8,11,13H,7,9-10H2,1-3H3,(H,21,27)(H,22,28)/t13-/m0/s1. The van der Waals surface area contributed by atoms with Crippen LogP contribution in [0.2, 0.25) is 0 Å². The fourth-order valence-corrected chi connectivity index (χ4v) is 3.41. The van der Waals surface area contributed by atoms with Gasteiger partial charge >= 0.3 is 0 Å². The molecule has 2 N–H and O–H groups in total. The maximum atomic E-state index is 12.8. The number of hydrogen-bond acceptors (Lipinski definition) is 6. The van der Waals surface area contributed by atoms with E-state index in [2.05, 4.69) is 26.0 Å². The molecule has 10 nitrogen and oxygen atoms in total. The molecule has 0 bridgehead atoms. The summed E-state index contributed by atoms with van der Waals surface area (Å²) in [4.78, 5) is 24.9. The topological polar surface area (TPSA) is 120 Å². The Bertz CT molecular complexity index is 1010. The van der Waals surface area contributed by atoms with Crippen LogP contribution >= 0.6 is 0 Å². The van der Waals surface area contributed by atoms with E-state index in [1.54, 1.807) is 28.6 Å². The number of nitrogens with one attached hydrogen (secondary N) is 2. The summed E-state index contributed by atoms with van der Waals surface area (Å²) in [6, 6.07) is 3.51. The number of rotatable bonds is 6. The fourth-order valence-electron chi connectivity index (χ4n) is 3.41. The van der Waals surface area contributed by atoms with Crippen LogP contribution in [0.3, 0.4) is 0 Å². The van der Waals surface area contributed by atoms with E-state index in [4.69, 9.17) is 4.52 Å². The first-order valence-corrected chi connectivity index (χ1v) is 9.51. The number of aromatic nitrogens is 5. The molecular formula is C19H23N7O3. The summed E-state index contributed by atoms with van der Waals surface area (Å²) in [5.41, 5.74) is 2.28. The molecule has 152 valence electrons. The molecule has 0 aromatic carbocycles. The van der Waals surface area contributed by atoms with Crippen LogP contribution in [0.4, 0.5) is 0 Å². The van der Waals surface area contributed by atoms with E-state index in [0.717, 1.165) is 5.69 Å². The fraction of sp³-hybridized carbons (Fsp3) is 0.421. The van der Waals surface area contributed by atoms with Crippen molar-refractivity contribution in [1.82, 2.24) is 35.4 Å². The Labute approximate surface area is 167 Å². The van der Waals surface area contributed by atoms with Crippen molar-refractivity contribution in [3.8, 4) is 0 Å². The summed E-state index contributed by atoms with van der Waals surface area (Å²) >= 11 is 0. The minimum Gasteiger partial charge on any atom is -0.361 e. The van der Waals surface area contributed by atoms with Gasteiger partial charge in [0.05, 0.1) is 19.1 Å². The monoisotopic (exact) mass is 397 g/mol. The lowest BCUT2D eigenvalue weighted by atomic mass is 10.1. The summed E-state index contributed by atoms with van der Waals surface area (Å²) in [5.74, 6) is 0.104. The molecule has 0 saturated heterocycles. The van der Waals surface area contributed by atoms with Gasteiger partial charge in [-0.3, -0.25) is 19.0 Å². The molecule has 1 aliphatic rings. The van der Waals surface area contributed by atoms with Crippen LogP contribution in [0, 0.1) is 6.92 Å². The van der Waals surface area contributed by atoms with Gasteiger partial charge in [-0.2, -0.15) is 10.2 Å². The van der Waals surface area contributed by atoms with Gasteiger partial charge < -0.3 is 15.2 Å². The predicted octanol–water partition coefficient (Wildman–Crippen LogP) is 0.917. The molecule has 0 radical (unpaired) electrons. The Kier molecular flexibility index (Phi) is 4.91. The van der Waals surface area contributed by atoms with Crippen molar-refractivity contribution < 1.29 is 14.1 Å². The lowest BCUT2D eigenvalue weighted by Crippen LogP contribution is -2.37. The highest BCUT2D eigenvalue weighted by Crippen LogP contribution is 2.19. The third kappa shape index (κ3) is 3.91. The van der Waals surface area contributed by atoms with E-state index in [9.17, 15) is 9.59 Å². The molecule has 10 heteroatoms. The molecule has 1 aliphatic heterocycles. The molecule has 4 rings (SSSR count). The molecule has 0 saturated carbocycles. The third-order valence-electron chi connectivity index (χ3n) is 4.78. The van der Waals surface area contributed by atoms with Crippen molar-refractivity contribution in [3.05, 3.63) is 52.9 Å². The molecule has 0 aliphatic carbocycles. The highest BCUT2D eigenvalue weighted by Gasteiger charge is 2.29. The molecule has 2 amide bonds. The van der Waals surface area contributed by atoms with Crippen LogP contribution in [0.5, 0.6) is 0 Å². The Balaban J connectivity index is 1.41. The van der Waals surface area contributed by atoms with E-state index in [0.29, 0.717) is 36.5 Å². The van der Waals surface area contributed by atoms with E-state index < -0.39 is 0 Å². The highest BCUT2D eigenvalue weighted by atomic mass is 16.5. The van der Waals surface area contributed by atoms with Crippen molar-refractivity contribution >= 4 is 11.8 Å². The smallest absolute Gasteiger partial charge is 0.274 e. The molecule has 0 fully saturated rings. The van der Waals surface area contributed by atoms with Crippen molar-refractivity contribution in [2.45, 2.75) is 52.4 Å². The van der Waals surface area contributed by atoms with Crippen LogP contribution < -0.4 is 10.6 Å². The molecule has 3 aromatic rings. The van der Waals surface area contributed by atoms with Crippen molar-refractivity contribution in [2.75, 3.05) is 0 Å². The van der Waals surface area contributed by atoms with Gasteiger partial charge in [-0.05, 0) is 32.9 Å². The van der Waals surface area contributed by atoms with Gasteiger partial charge in [0, 0.05) is 36.1 Å². The quantitative estimate of drug-likeness (QED) is 0.638. The second kappa shape index (κ2) is 7.53. The molecule has 1 atom stereocenters. The van der Waals surface area contributed by atoms with Crippen LogP contribution in [-0.2, 0) is 19.5 Å². The van der Waals surface area contributed by atoms with E-state index in [1.165, 1.54) is 0 Å². The summed E-state index contributed by atoms with van der Waals surface area (Å²) in [6.45, 7) is 6.49. The minimum absolute atomic E-state index is 0.0490. The highest BCUT2D eigenvalue weighted by molar-refractivity contribution is 5.94. The number of carbonyl (C=O) groups excluding carboxylic acids is 2. The maximum absolute atomic E-state index is 12.8. The van der Waals surface area contributed by atoms with Crippen molar-refractivity contribution in [3.63, 3.8) is 0 Å². The van der Waals surface area contributed by atoms with Crippen molar-refractivity contribution in [2.24, 2.45) is 0 Å². The number of hydrogen-bond donors (Lipinski definition) is 2. The average molecular weight is 397 g/mol. The van der Waals surface area contributed by atoms with Crippen LogP contribution in [0.1, 0.15) is 51.8 Å². The lowest BCUT2D eigenvalue weighted by molar-refractivity contribution is 0.0917. The third-order valence-corrected chi connectivity index (χ3v) is 4.78. The van der Waals surface area contributed by atoms with Crippen LogP contribution in [0.15, 0.2) is 29.0 Å². The molecule has 4 heterocycles. The minimum atomic E-state index is -0.294. The van der Waals surface area contributed by atoms with E-state index in [1.807, 2.05) is 26.1 Å². The number of amides is 2. The Hall–Kier alpha value is -3.43. The summed E-state index contributed by atoms with van der Waals surface area (Å²) in [5, 5.41) is 18.3. The number of nitrogens with zero attached hydrogens (tertiary/aromatic N) is 5. The first-order chi connectivity index (χ1) is 13.9. The van der Waals surface area contributed by atoms with Crippen molar-refractivity contribution in [1.29, 1.82) is 0 Å². The SMILES string of the molecule is Cc1onc(C(=O)N[C@H]2Cc3cc(C(=O)NC(C)C)nn3C2)c1Cn1cccn1. The van der Waals surface area contributed by atoms with E-state index in [-0.39, 0.29) is 29.6 Å². The molecule has 3 aromatic heterocycles. The van der Waals surface area contributed by atoms with Crippen LogP contribution in [0.25, 0.3) is 0 Å². The van der Waals surface area contributed by atoms with Gasteiger partial charge in [-0.15, -0.1) is 0 Å². The molecule has 0 unspecified atom stereocenters. The maximum Gasteiger partial charge on any atom is 0.274 e. The van der Waals surface area contributed by atoms with E-state index >= 15 is 0 Å². The van der Waals surface area contributed by atoms with Gasteiger partial charge in [0.2, 0.25) is 0 Å². The Morgan fingerprint density at radius 1 is 1.34 bits per heavy atom. The average Bonchev–Trinajstić information content (AvgIpc) is 3.40. The zero-order valence-corrected chi connectivity index (χ0v) is 16.5. The number of carbonyl (C=O) groups is 2. The number of aryl methyl sites for hydroxylation is 1. The molecule has 29 heavy (non-hydrogen) atoms. The largest absolute Gasteiger partial charge is 0.361 e.